The van der Waals surface area contributed by atoms with E-state index in [0.717, 1.165) is 5.56 Å². The molecule has 0 fully saturated rings. The first-order valence-electron chi connectivity index (χ1n) is 8.28. The van der Waals surface area contributed by atoms with Gasteiger partial charge in [0, 0.05) is 30.0 Å². The summed E-state index contributed by atoms with van der Waals surface area (Å²) in [7, 11) is 0. The average molecular weight is 379 g/mol. The highest BCUT2D eigenvalue weighted by Gasteiger charge is 2.18. The predicted molar refractivity (Wildman–Crippen MR) is 102 cm³/mol. The van der Waals surface area contributed by atoms with Crippen molar-refractivity contribution in [2.24, 2.45) is 0 Å². The normalized spacial score (nSPS) is 10.7. The summed E-state index contributed by atoms with van der Waals surface area (Å²) in [5.74, 6) is 0.321. The van der Waals surface area contributed by atoms with Crippen LogP contribution in [0.1, 0.15) is 16.1 Å². The van der Waals surface area contributed by atoms with Crippen molar-refractivity contribution < 1.29 is 9.21 Å². The van der Waals surface area contributed by atoms with E-state index in [9.17, 15) is 4.79 Å². The molecule has 0 aliphatic rings. The maximum atomic E-state index is 12.8. The lowest BCUT2D eigenvalue weighted by Crippen LogP contribution is -2.25. The fourth-order valence-electron chi connectivity index (χ4n) is 2.67. The third-order valence-electron chi connectivity index (χ3n) is 3.94. The maximum absolute atomic E-state index is 12.8. The van der Waals surface area contributed by atoms with Crippen LogP contribution in [0.2, 0.25) is 5.02 Å². The van der Waals surface area contributed by atoms with Crippen molar-refractivity contribution in [2.75, 3.05) is 0 Å². The average Bonchev–Trinajstić information content (AvgIpc) is 3.36. The molecule has 6 nitrogen and oxygen atoms in total. The number of nitrogens with zero attached hydrogens (tertiary/aromatic N) is 3. The number of nitrogens with one attached hydrogen (secondary N) is 1. The minimum absolute atomic E-state index is 0.260. The molecule has 0 unspecified atom stereocenters. The van der Waals surface area contributed by atoms with E-state index in [4.69, 9.17) is 16.0 Å². The van der Waals surface area contributed by atoms with Crippen molar-refractivity contribution in [3.63, 3.8) is 0 Å². The fraction of sp³-hybridized carbons (Fsp3) is 0.0500. The summed E-state index contributed by atoms with van der Waals surface area (Å²) in [5.41, 5.74) is 2.54. The highest BCUT2D eigenvalue weighted by atomic mass is 35.5. The summed E-state index contributed by atoms with van der Waals surface area (Å²) in [4.78, 5) is 16.9. The number of carbonyl (C=O) groups is 1. The van der Waals surface area contributed by atoms with Gasteiger partial charge in [-0.1, -0.05) is 23.7 Å². The number of furan rings is 1. The van der Waals surface area contributed by atoms with Crippen LogP contribution in [0.5, 0.6) is 0 Å². The molecule has 134 valence electrons. The molecular weight excluding hydrogens is 364 g/mol. The highest BCUT2D eigenvalue weighted by Crippen LogP contribution is 2.23. The van der Waals surface area contributed by atoms with Gasteiger partial charge < -0.3 is 9.73 Å². The van der Waals surface area contributed by atoms with E-state index in [-0.39, 0.29) is 5.91 Å². The van der Waals surface area contributed by atoms with Crippen LogP contribution in [-0.4, -0.2) is 20.7 Å². The lowest BCUT2D eigenvalue weighted by molar-refractivity contribution is 0.0943. The largest absolute Gasteiger partial charge is 0.463 e. The van der Waals surface area contributed by atoms with Gasteiger partial charge in [-0.25, -0.2) is 4.68 Å². The van der Waals surface area contributed by atoms with E-state index in [1.54, 1.807) is 53.7 Å². The molecule has 27 heavy (non-hydrogen) atoms. The molecule has 0 atom stereocenters. The van der Waals surface area contributed by atoms with Gasteiger partial charge in [0.25, 0.3) is 5.91 Å². The Morgan fingerprint density at radius 1 is 1.15 bits per heavy atom. The molecule has 0 spiro atoms. The SMILES string of the molecule is O=C(NCc1cccnc1)c1cc(-c2ccco2)nn1-c1cccc(Cl)c1. The topological polar surface area (TPSA) is 73.0 Å². The van der Waals surface area contributed by atoms with Gasteiger partial charge in [0.15, 0.2) is 5.76 Å². The monoisotopic (exact) mass is 378 g/mol. The molecular formula is C20H15ClN4O2. The van der Waals surface area contributed by atoms with Gasteiger partial charge in [0.05, 0.1) is 12.0 Å². The van der Waals surface area contributed by atoms with Crippen molar-refractivity contribution in [2.45, 2.75) is 6.54 Å². The Labute approximate surface area is 160 Å². The molecule has 3 heterocycles. The quantitative estimate of drug-likeness (QED) is 0.567. The molecule has 1 amide bonds. The first kappa shape index (κ1) is 17.1. The number of halogens is 1. The molecule has 0 radical (unpaired) electrons. The second-order valence-corrected chi connectivity index (χ2v) is 6.26. The van der Waals surface area contributed by atoms with Crippen molar-refractivity contribution in [1.82, 2.24) is 20.1 Å². The highest BCUT2D eigenvalue weighted by molar-refractivity contribution is 6.30. The van der Waals surface area contributed by atoms with Crippen LogP contribution < -0.4 is 5.32 Å². The zero-order valence-corrected chi connectivity index (χ0v) is 14.9. The lowest BCUT2D eigenvalue weighted by atomic mass is 10.2. The fourth-order valence-corrected chi connectivity index (χ4v) is 2.85. The first-order chi connectivity index (χ1) is 13.2. The van der Waals surface area contributed by atoms with E-state index in [2.05, 4.69) is 15.4 Å². The summed E-state index contributed by atoms with van der Waals surface area (Å²) in [5, 5.41) is 7.99. The van der Waals surface area contributed by atoms with Crippen molar-refractivity contribution in [1.29, 1.82) is 0 Å². The van der Waals surface area contributed by atoms with Gasteiger partial charge in [-0.15, -0.1) is 0 Å². The Morgan fingerprint density at radius 2 is 2.07 bits per heavy atom. The maximum Gasteiger partial charge on any atom is 0.270 e. The molecule has 0 aliphatic heterocycles. The molecule has 1 aromatic carbocycles. The van der Waals surface area contributed by atoms with Gasteiger partial charge in [0.2, 0.25) is 0 Å². The second-order valence-electron chi connectivity index (χ2n) is 5.83. The number of benzene rings is 1. The molecule has 0 saturated heterocycles. The molecule has 0 bridgehead atoms. The number of carbonyl (C=O) groups excluding carboxylic acids is 1. The van der Waals surface area contributed by atoms with Crippen LogP contribution in [0.25, 0.3) is 17.1 Å². The van der Waals surface area contributed by atoms with Crippen LogP contribution in [0, 0.1) is 0 Å². The summed E-state index contributed by atoms with van der Waals surface area (Å²) in [6.07, 6.45) is 4.97. The Kier molecular flexibility index (Phi) is 4.72. The summed E-state index contributed by atoms with van der Waals surface area (Å²) in [6.45, 7) is 0.365. The molecule has 0 aliphatic carbocycles. The minimum Gasteiger partial charge on any atom is -0.463 e. The molecule has 3 aromatic heterocycles. The zero-order chi connectivity index (χ0) is 18.6. The van der Waals surface area contributed by atoms with Gasteiger partial charge in [-0.2, -0.15) is 5.10 Å². The smallest absolute Gasteiger partial charge is 0.270 e. The Morgan fingerprint density at radius 3 is 2.81 bits per heavy atom. The molecule has 7 heteroatoms. The van der Waals surface area contributed by atoms with Gasteiger partial charge >= 0.3 is 0 Å². The van der Waals surface area contributed by atoms with Crippen LogP contribution in [0.15, 0.2) is 77.7 Å². The second kappa shape index (κ2) is 7.47. The third-order valence-corrected chi connectivity index (χ3v) is 4.18. The van der Waals surface area contributed by atoms with Crippen molar-refractivity contribution in [3.8, 4) is 17.1 Å². The van der Waals surface area contributed by atoms with E-state index in [0.29, 0.717) is 34.4 Å². The molecule has 1 N–H and O–H groups in total. The Bertz CT molecular complexity index is 1060. The zero-order valence-electron chi connectivity index (χ0n) is 14.2. The van der Waals surface area contributed by atoms with Crippen LogP contribution >= 0.6 is 11.6 Å². The Hall–Kier alpha value is -3.38. The summed E-state index contributed by atoms with van der Waals surface area (Å²) in [6, 6.07) is 16.1. The van der Waals surface area contributed by atoms with E-state index < -0.39 is 0 Å². The van der Waals surface area contributed by atoms with Crippen LogP contribution in [0.3, 0.4) is 0 Å². The van der Waals surface area contributed by atoms with Crippen LogP contribution in [0.4, 0.5) is 0 Å². The van der Waals surface area contributed by atoms with Crippen LogP contribution in [-0.2, 0) is 6.54 Å². The van der Waals surface area contributed by atoms with Gasteiger partial charge in [-0.05, 0) is 42.0 Å². The van der Waals surface area contributed by atoms with Crippen molar-refractivity contribution in [3.05, 3.63) is 89.5 Å². The summed E-state index contributed by atoms with van der Waals surface area (Å²) >= 11 is 6.11. The van der Waals surface area contributed by atoms with Gasteiger partial charge in [0.1, 0.15) is 11.4 Å². The van der Waals surface area contributed by atoms with E-state index >= 15 is 0 Å². The summed E-state index contributed by atoms with van der Waals surface area (Å²) < 4.78 is 6.97. The van der Waals surface area contributed by atoms with Crippen molar-refractivity contribution >= 4 is 17.5 Å². The molecule has 4 aromatic rings. The molecule has 4 rings (SSSR count). The Balaban J connectivity index is 1.68. The number of hydrogen-bond donors (Lipinski definition) is 1. The molecule has 0 saturated carbocycles. The van der Waals surface area contributed by atoms with E-state index in [1.807, 2.05) is 24.3 Å². The number of hydrogen-bond acceptors (Lipinski definition) is 4. The number of rotatable bonds is 5. The predicted octanol–water partition coefficient (Wildman–Crippen LogP) is 4.11. The first-order valence-corrected chi connectivity index (χ1v) is 8.65. The lowest BCUT2D eigenvalue weighted by Gasteiger charge is -2.08. The van der Waals surface area contributed by atoms with Gasteiger partial charge in [-0.3, -0.25) is 9.78 Å². The van der Waals surface area contributed by atoms with E-state index in [1.165, 1.54) is 0 Å². The minimum atomic E-state index is -0.260. The number of amides is 1. The number of pyridine rings is 1. The third kappa shape index (κ3) is 3.75. The standard InChI is InChI=1S/C20H15ClN4O2/c21-15-5-1-6-16(10-15)25-18(11-17(24-25)19-7-3-9-27-19)20(26)23-13-14-4-2-8-22-12-14/h1-12H,13H2,(H,23,26). The number of aromatic nitrogens is 3.